The highest BCUT2D eigenvalue weighted by Gasteiger charge is 2.23. The summed E-state index contributed by atoms with van der Waals surface area (Å²) in [6.07, 6.45) is 0. The maximum atomic E-state index is 9.51. The zero-order valence-corrected chi connectivity index (χ0v) is 16.0. The highest BCUT2D eigenvalue weighted by atomic mass is 35.5. The molecule has 25 heavy (non-hydrogen) atoms. The second-order valence-electron chi connectivity index (χ2n) is 6.23. The molecule has 0 saturated carbocycles. The van der Waals surface area contributed by atoms with E-state index in [1.807, 2.05) is 42.5 Å². The lowest BCUT2D eigenvalue weighted by atomic mass is 9.95. The molecule has 0 heterocycles. The van der Waals surface area contributed by atoms with Gasteiger partial charge >= 0.3 is 0 Å². The first-order chi connectivity index (χ1) is 11.5. The Hall–Kier alpha value is -1.07. The van der Waals surface area contributed by atoms with Crippen LogP contribution in [0.1, 0.15) is 12.5 Å². The van der Waals surface area contributed by atoms with Gasteiger partial charge in [0.1, 0.15) is 0 Å². The molecule has 3 rings (SSSR count). The highest BCUT2D eigenvalue weighted by Crippen LogP contribution is 2.39. The van der Waals surface area contributed by atoms with Gasteiger partial charge in [0.25, 0.3) is 0 Å². The minimum absolute atomic E-state index is 0. The molecule has 0 spiro atoms. The van der Waals surface area contributed by atoms with E-state index in [1.165, 1.54) is 0 Å². The molecule has 6 heteroatoms. The molecule has 0 amide bonds. The smallest absolute Gasteiger partial charge is 0.0633 e. The van der Waals surface area contributed by atoms with Crippen molar-refractivity contribution in [2.24, 2.45) is 0 Å². The fraction of sp³-hybridized carbons (Fsp3) is 0.263. The Kier molecular flexibility index (Phi) is 6.55. The van der Waals surface area contributed by atoms with Crippen LogP contribution >= 0.6 is 35.6 Å². The van der Waals surface area contributed by atoms with E-state index in [4.69, 9.17) is 23.2 Å². The molecule has 3 N–H and O–H groups in total. The summed E-state index contributed by atoms with van der Waals surface area (Å²) < 4.78 is 0. The largest absolute Gasteiger partial charge is 0.394 e. The standard InChI is InChI=1S/C19H19Cl2NO2.ClH/c1-19(10-23,11-24)22-9-15-12-5-2-3-6-14(12)18(21)17-13(15)7-4-8-16(17)20;/h2-8,22-24H,9-11H2,1H3;1H. The van der Waals surface area contributed by atoms with Gasteiger partial charge in [-0.2, -0.15) is 0 Å². The van der Waals surface area contributed by atoms with E-state index in [9.17, 15) is 10.2 Å². The van der Waals surface area contributed by atoms with E-state index < -0.39 is 5.54 Å². The van der Waals surface area contributed by atoms with Gasteiger partial charge in [-0.3, -0.25) is 0 Å². The van der Waals surface area contributed by atoms with Crippen LogP contribution in [-0.4, -0.2) is 29.0 Å². The summed E-state index contributed by atoms with van der Waals surface area (Å²) in [6.45, 7) is 1.94. The fourth-order valence-electron chi connectivity index (χ4n) is 2.87. The molecule has 0 saturated heterocycles. The van der Waals surface area contributed by atoms with Crippen LogP contribution < -0.4 is 5.32 Å². The quantitative estimate of drug-likeness (QED) is 0.551. The van der Waals surface area contributed by atoms with Crippen molar-refractivity contribution in [1.29, 1.82) is 0 Å². The molecule has 0 aliphatic carbocycles. The van der Waals surface area contributed by atoms with Crippen LogP contribution in [0, 0.1) is 0 Å². The van der Waals surface area contributed by atoms with Gasteiger partial charge in [0.05, 0.1) is 23.8 Å². The Labute approximate surface area is 163 Å². The van der Waals surface area contributed by atoms with Crippen LogP contribution in [0.15, 0.2) is 42.5 Å². The van der Waals surface area contributed by atoms with Gasteiger partial charge in [-0.15, -0.1) is 12.4 Å². The molecule has 134 valence electrons. The number of hydrogen-bond donors (Lipinski definition) is 3. The van der Waals surface area contributed by atoms with E-state index >= 15 is 0 Å². The van der Waals surface area contributed by atoms with Gasteiger partial charge in [-0.1, -0.05) is 59.6 Å². The van der Waals surface area contributed by atoms with Crippen LogP contribution in [0.3, 0.4) is 0 Å². The average Bonchev–Trinajstić information content (AvgIpc) is 2.61. The van der Waals surface area contributed by atoms with Crippen molar-refractivity contribution >= 4 is 57.2 Å². The lowest BCUT2D eigenvalue weighted by Gasteiger charge is -2.27. The summed E-state index contributed by atoms with van der Waals surface area (Å²) in [4.78, 5) is 0. The average molecular weight is 401 g/mol. The van der Waals surface area contributed by atoms with E-state index in [-0.39, 0.29) is 25.6 Å². The molecule has 0 radical (unpaired) electrons. The van der Waals surface area contributed by atoms with Gasteiger partial charge in [-0.05, 0) is 29.3 Å². The van der Waals surface area contributed by atoms with E-state index in [1.54, 1.807) is 6.92 Å². The lowest BCUT2D eigenvalue weighted by Crippen LogP contribution is -2.48. The summed E-state index contributed by atoms with van der Waals surface area (Å²) in [5, 5.41) is 27.3. The highest BCUT2D eigenvalue weighted by molar-refractivity contribution is 6.46. The van der Waals surface area contributed by atoms with Crippen LogP contribution in [0.25, 0.3) is 21.5 Å². The van der Waals surface area contributed by atoms with Crippen molar-refractivity contribution in [3.05, 3.63) is 58.1 Å². The van der Waals surface area contributed by atoms with E-state index in [2.05, 4.69) is 5.32 Å². The number of aliphatic hydroxyl groups is 2. The van der Waals surface area contributed by atoms with E-state index in [0.717, 1.165) is 27.1 Å². The molecule has 3 aromatic rings. The Bertz CT molecular complexity index is 895. The molecule has 0 bridgehead atoms. The van der Waals surface area contributed by atoms with Crippen molar-refractivity contribution in [1.82, 2.24) is 5.32 Å². The summed E-state index contributed by atoms with van der Waals surface area (Å²) in [6, 6.07) is 13.6. The predicted molar refractivity (Wildman–Crippen MR) is 108 cm³/mol. The third kappa shape index (κ3) is 3.72. The van der Waals surface area contributed by atoms with Crippen LogP contribution in [-0.2, 0) is 6.54 Å². The lowest BCUT2D eigenvalue weighted by molar-refractivity contribution is 0.103. The van der Waals surface area contributed by atoms with Crippen molar-refractivity contribution in [3.8, 4) is 0 Å². The minimum Gasteiger partial charge on any atom is -0.394 e. The first kappa shape index (κ1) is 20.2. The van der Waals surface area contributed by atoms with E-state index in [0.29, 0.717) is 16.6 Å². The minimum atomic E-state index is -0.758. The van der Waals surface area contributed by atoms with Crippen LogP contribution in [0.4, 0.5) is 0 Å². The van der Waals surface area contributed by atoms with Crippen molar-refractivity contribution < 1.29 is 10.2 Å². The van der Waals surface area contributed by atoms with Gasteiger partial charge in [-0.25, -0.2) is 0 Å². The summed E-state index contributed by atoms with van der Waals surface area (Å²) in [5.74, 6) is 0. The third-order valence-electron chi connectivity index (χ3n) is 4.44. The second kappa shape index (κ2) is 8.09. The first-order valence-electron chi connectivity index (χ1n) is 7.75. The van der Waals surface area contributed by atoms with Gasteiger partial charge in [0.2, 0.25) is 0 Å². The zero-order valence-electron chi connectivity index (χ0n) is 13.7. The number of rotatable bonds is 5. The monoisotopic (exact) mass is 399 g/mol. The summed E-state index contributed by atoms with van der Waals surface area (Å²) >= 11 is 13.0. The second-order valence-corrected chi connectivity index (χ2v) is 7.02. The normalized spacial score (nSPS) is 11.7. The molecule has 0 atom stereocenters. The number of aliphatic hydroxyl groups excluding tert-OH is 2. The summed E-state index contributed by atoms with van der Waals surface area (Å²) in [5.41, 5.74) is 0.284. The number of nitrogens with one attached hydrogen (secondary N) is 1. The molecule has 0 aliphatic heterocycles. The zero-order chi connectivity index (χ0) is 17.3. The van der Waals surface area contributed by atoms with Crippen molar-refractivity contribution in [3.63, 3.8) is 0 Å². The molecule has 0 unspecified atom stereocenters. The number of hydrogen-bond acceptors (Lipinski definition) is 3. The third-order valence-corrected chi connectivity index (χ3v) is 5.14. The molecule has 3 nitrogen and oxygen atoms in total. The van der Waals surface area contributed by atoms with Crippen molar-refractivity contribution in [2.45, 2.75) is 19.0 Å². The predicted octanol–water partition coefficient (Wildman–Crippen LogP) is 4.55. The van der Waals surface area contributed by atoms with Crippen molar-refractivity contribution in [2.75, 3.05) is 13.2 Å². The van der Waals surface area contributed by atoms with Gasteiger partial charge in [0.15, 0.2) is 0 Å². The van der Waals surface area contributed by atoms with Gasteiger partial charge in [0, 0.05) is 22.3 Å². The molecule has 0 aromatic heterocycles. The Morgan fingerprint density at radius 3 is 2.16 bits per heavy atom. The molecular weight excluding hydrogens is 381 g/mol. The SMILES string of the molecule is CC(CO)(CO)NCc1c2ccccc2c(Cl)c2c(Cl)cccc12.Cl. The fourth-order valence-corrected chi connectivity index (χ4v) is 3.56. The molecule has 0 aliphatic rings. The molecular formula is C19H20Cl3NO2. The Morgan fingerprint density at radius 2 is 1.52 bits per heavy atom. The Balaban J connectivity index is 0.00000225. The molecule has 0 fully saturated rings. The number of fused-ring (bicyclic) bond motifs is 2. The number of benzene rings is 3. The molecule has 3 aromatic carbocycles. The Morgan fingerprint density at radius 1 is 0.920 bits per heavy atom. The first-order valence-corrected chi connectivity index (χ1v) is 8.50. The summed E-state index contributed by atoms with van der Waals surface area (Å²) in [7, 11) is 0. The topological polar surface area (TPSA) is 52.5 Å². The maximum Gasteiger partial charge on any atom is 0.0633 e. The number of halogens is 3. The van der Waals surface area contributed by atoms with Gasteiger partial charge < -0.3 is 15.5 Å². The maximum absolute atomic E-state index is 9.51. The van der Waals surface area contributed by atoms with Crippen LogP contribution in [0.5, 0.6) is 0 Å². The van der Waals surface area contributed by atoms with Crippen LogP contribution in [0.2, 0.25) is 10.0 Å².